The van der Waals surface area contributed by atoms with Crippen molar-refractivity contribution < 1.29 is 9.18 Å². The number of benzene rings is 1. The van der Waals surface area contributed by atoms with Gasteiger partial charge in [-0.1, -0.05) is 12.8 Å². The fourth-order valence-corrected chi connectivity index (χ4v) is 3.18. The second-order valence-electron chi connectivity index (χ2n) is 6.14. The van der Waals surface area contributed by atoms with Crippen molar-refractivity contribution in [3.63, 3.8) is 0 Å². The van der Waals surface area contributed by atoms with Crippen LogP contribution in [0, 0.1) is 0 Å². The molecular formula is C18H22FN3O. The fraction of sp³-hybridized carbons (Fsp3) is 0.389. The maximum absolute atomic E-state index is 12.7. The lowest BCUT2D eigenvalue weighted by Crippen LogP contribution is -2.32. The first-order valence-electron chi connectivity index (χ1n) is 8.09. The highest BCUT2D eigenvalue weighted by molar-refractivity contribution is 5.98. The summed E-state index contributed by atoms with van der Waals surface area (Å²) in [6.45, 7) is 0.613. The Labute approximate surface area is 135 Å². The monoisotopic (exact) mass is 315 g/mol. The minimum atomic E-state index is -0.0159. The lowest BCUT2D eigenvalue weighted by atomic mass is 10.1. The third kappa shape index (κ3) is 3.45. The molecule has 1 aliphatic carbocycles. The zero-order valence-electron chi connectivity index (χ0n) is 13.1. The number of carbonyl (C=O) groups is 1. The SMILES string of the molecule is NC/C(=C\F)Cn1ccc2cc(C(=O)NC3CCCC3)ccc21. The summed E-state index contributed by atoms with van der Waals surface area (Å²) in [6, 6.07) is 7.87. The van der Waals surface area contributed by atoms with Crippen LogP contribution in [0.2, 0.25) is 0 Å². The standard InChI is InChI=1S/C18H22FN3O/c19-10-13(11-20)12-22-8-7-14-9-15(5-6-17(14)22)18(23)21-16-3-1-2-4-16/h5-10,16H,1-4,11-12,20H2,(H,21,23)/b13-10+. The van der Waals surface area contributed by atoms with Crippen LogP contribution < -0.4 is 11.1 Å². The van der Waals surface area contributed by atoms with Gasteiger partial charge in [0.1, 0.15) is 0 Å². The Morgan fingerprint density at radius 1 is 1.35 bits per heavy atom. The van der Waals surface area contributed by atoms with Gasteiger partial charge < -0.3 is 15.6 Å². The summed E-state index contributed by atoms with van der Waals surface area (Å²) in [7, 11) is 0. The molecule has 1 heterocycles. The quantitative estimate of drug-likeness (QED) is 0.890. The first-order chi connectivity index (χ1) is 11.2. The van der Waals surface area contributed by atoms with Crippen molar-refractivity contribution in [3.05, 3.63) is 47.9 Å². The fourth-order valence-electron chi connectivity index (χ4n) is 3.18. The normalized spacial score (nSPS) is 16.2. The number of hydrogen-bond acceptors (Lipinski definition) is 2. The van der Waals surface area contributed by atoms with Crippen molar-refractivity contribution in [2.45, 2.75) is 38.3 Å². The Balaban J connectivity index is 1.78. The number of fused-ring (bicyclic) bond motifs is 1. The van der Waals surface area contributed by atoms with Crippen LogP contribution in [0.5, 0.6) is 0 Å². The van der Waals surface area contributed by atoms with Crippen LogP contribution in [0.25, 0.3) is 10.9 Å². The van der Waals surface area contributed by atoms with E-state index >= 15 is 0 Å². The summed E-state index contributed by atoms with van der Waals surface area (Å²) in [6.07, 6.45) is 6.98. The Hall–Kier alpha value is -2.14. The second kappa shape index (κ2) is 6.96. The summed E-state index contributed by atoms with van der Waals surface area (Å²) in [5.41, 5.74) is 7.68. The van der Waals surface area contributed by atoms with Gasteiger partial charge in [-0.15, -0.1) is 0 Å². The number of nitrogens with two attached hydrogens (primary N) is 1. The largest absolute Gasteiger partial charge is 0.349 e. The minimum absolute atomic E-state index is 0.0159. The van der Waals surface area contributed by atoms with Crippen LogP contribution in [0.1, 0.15) is 36.0 Å². The van der Waals surface area contributed by atoms with Crippen molar-refractivity contribution in [2.24, 2.45) is 5.73 Å². The molecule has 1 aromatic heterocycles. The smallest absolute Gasteiger partial charge is 0.251 e. The molecule has 1 amide bonds. The summed E-state index contributed by atoms with van der Waals surface area (Å²) in [4.78, 5) is 12.3. The van der Waals surface area contributed by atoms with E-state index in [1.165, 1.54) is 12.8 Å². The molecule has 4 nitrogen and oxygen atoms in total. The molecule has 0 bridgehead atoms. The van der Waals surface area contributed by atoms with Crippen molar-refractivity contribution in [3.8, 4) is 0 Å². The highest BCUT2D eigenvalue weighted by Gasteiger charge is 2.18. The molecule has 1 saturated carbocycles. The molecule has 1 aliphatic rings. The maximum Gasteiger partial charge on any atom is 0.251 e. The highest BCUT2D eigenvalue weighted by atomic mass is 19.1. The van der Waals surface area contributed by atoms with Gasteiger partial charge in [-0.3, -0.25) is 4.79 Å². The van der Waals surface area contributed by atoms with E-state index in [4.69, 9.17) is 5.73 Å². The van der Waals surface area contributed by atoms with Gasteiger partial charge in [-0.2, -0.15) is 0 Å². The van der Waals surface area contributed by atoms with Crippen LogP contribution in [0.3, 0.4) is 0 Å². The molecule has 0 atom stereocenters. The van der Waals surface area contributed by atoms with Crippen LogP contribution in [0.15, 0.2) is 42.4 Å². The maximum atomic E-state index is 12.7. The van der Waals surface area contributed by atoms with Crippen molar-refractivity contribution in [2.75, 3.05) is 6.54 Å². The van der Waals surface area contributed by atoms with E-state index < -0.39 is 0 Å². The van der Waals surface area contributed by atoms with Gasteiger partial charge in [0, 0.05) is 41.8 Å². The van der Waals surface area contributed by atoms with E-state index in [0.29, 0.717) is 30.1 Å². The van der Waals surface area contributed by atoms with Gasteiger partial charge in [0.2, 0.25) is 0 Å². The molecule has 0 aliphatic heterocycles. The number of nitrogens with one attached hydrogen (secondary N) is 1. The average molecular weight is 315 g/mol. The number of carbonyl (C=O) groups excluding carboxylic acids is 1. The summed E-state index contributed by atoms with van der Waals surface area (Å²) < 4.78 is 14.6. The van der Waals surface area contributed by atoms with Gasteiger partial charge in [-0.05, 0) is 42.7 Å². The third-order valence-electron chi connectivity index (χ3n) is 4.51. The molecule has 2 aromatic rings. The molecule has 23 heavy (non-hydrogen) atoms. The van der Waals surface area contributed by atoms with E-state index in [0.717, 1.165) is 23.7 Å². The number of hydrogen-bond donors (Lipinski definition) is 2. The van der Waals surface area contributed by atoms with E-state index in [1.54, 1.807) is 0 Å². The number of amides is 1. The lowest BCUT2D eigenvalue weighted by Gasteiger charge is -2.12. The van der Waals surface area contributed by atoms with E-state index in [2.05, 4.69) is 5.32 Å². The molecule has 1 fully saturated rings. The lowest BCUT2D eigenvalue weighted by molar-refractivity contribution is 0.0938. The van der Waals surface area contributed by atoms with Crippen LogP contribution in [-0.2, 0) is 6.54 Å². The summed E-state index contributed by atoms with van der Waals surface area (Å²) in [5.74, 6) is -0.0159. The van der Waals surface area contributed by atoms with Crippen LogP contribution in [-0.4, -0.2) is 23.1 Å². The predicted molar refractivity (Wildman–Crippen MR) is 89.9 cm³/mol. The third-order valence-corrected chi connectivity index (χ3v) is 4.51. The molecule has 0 saturated heterocycles. The first-order valence-corrected chi connectivity index (χ1v) is 8.09. The number of rotatable bonds is 5. The number of halogens is 1. The van der Waals surface area contributed by atoms with Crippen molar-refractivity contribution >= 4 is 16.8 Å². The number of nitrogens with zero attached hydrogens (tertiary/aromatic N) is 1. The molecule has 3 rings (SSSR count). The van der Waals surface area contributed by atoms with Crippen molar-refractivity contribution in [1.82, 2.24) is 9.88 Å². The molecular weight excluding hydrogens is 293 g/mol. The van der Waals surface area contributed by atoms with Gasteiger partial charge >= 0.3 is 0 Å². The predicted octanol–water partition coefficient (Wildman–Crippen LogP) is 3.13. The molecule has 0 spiro atoms. The molecule has 5 heteroatoms. The van der Waals surface area contributed by atoms with Gasteiger partial charge in [0.25, 0.3) is 5.91 Å². The summed E-state index contributed by atoms with van der Waals surface area (Å²) >= 11 is 0. The molecule has 1 aromatic carbocycles. The zero-order chi connectivity index (χ0) is 16.2. The average Bonchev–Trinajstić information content (AvgIpc) is 3.21. The topological polar surface area (TPSA) is 60.0 Å². The van der Waals surface area contributed by atoms with Gasteiger partial charge in [-0.25, -0.2) is 4.39 Å². The molecule has 0 radical (unpaired) electrons. The van der Waals surface area contributed by atoms with E-state index in [9.17, 15) is 9.18 Å². The zero-order valence-corrected chi connectivity index (χ0v) is 13.1. The Bertz CT molecular complexity index is 729. The second-order valence-corrected chi connectivity index (χ2v) is 6.14. The van der Waals surface area contributed by atoms with Crippen molar-refractivity contribution in [1.29, 1.82) is 0 Å². The van der Waals surface area contributed by atoms with Gasteiger partial charge in [0.15, 0.2) is 0 Å². The Morgan fingerprint density at radius 2 is 2.13 bits per heavy atom. The van der Waals surface area contributed by atoms with Crippen LogP contribution in [0.4, 0.5) is 4.39 Å². The van der Waals surface area contributed by atoms with E-state index in [-0.39, 0.29) is 12.5 Å². The van der Waals surface area contributed by atoms with Crippen LogP contribution >= 0.6 is 0 Å². The first kappa shape index (κ1) is 15.7. The highest BCUT2D eigenvalue weighted by Crippen LogP contribution is 2.21. The minimum Gasteiger partial charge on any atom is -0.349 e. The Morgan fingerprint density at radius 3 is 2.83 bits per heavy atom. The number of aromatic nitrogens is 1. The molecule has 3 N–H and O–H groups in total. The molecule has 122 valence electrons. The summed E-state index contributed by atoms with van der Waals surface area (Å²) in [5, 5.41) is 4.07. The Kier molecular flexibility index (Phi) is 4.76. The van der Waals surface area contributed by atoms with E-state index in [1.807, 2.05) is 35.0 Å². The van der Waals surface area contributed by atoms with Gasteiger partial charge in [0.05, 0.1) is 6.33 Å². The molecule has 0 unspecified atom stereocenters.